The van der Waals surface area contributed by atoms with Crippen LogP contribution in [0.5, 0.6) is 0 Å². The molecule has 2 heterocycles. The second kappa shape index (κ2) is 8.88. The fourth-order valence-electron chi connectivity index (χ4n) is 4.92. The van der Waals surface area contributed by atoms with Crippen molar-refractivity contribution in [1.29, 1.82) is 0 Å². The number of halogens is 1. The lowest BCUT2D eigenvalue weighted by Crippen LogP contribution is -2.45. The van der Waals surface area contributed by atoms with E-state index in [0.717, 1.165) is 22.4 Å². The molecule has 5 rings (SSSR count). The van der Waals surface area contributed by atoms with Crippen molar-refractivity contribution in [3.63, 3.8) is 0 Å². The molecule has 6 nitrogen and oxygen atoms in total. The van der Waals surface area contributed by atoms with Crippen LogP contribution in [0.3, 0.4) is 0 Å². The summed E-state index contributed by atoms with van der Waals surface area (Å²) in [4.78, 5) is 26.1. The molecule has 2 aromatic carbocycles. The maximum atomic E-state index is 14.7. The van der Waals surface area contributed by atoms with E-state index in [2.05, 4.69) is 39.0 Å². The zero-order chi connectivity index (χ0) is 26.7. The average molecular weight is 518 g/mol. The normalized spacial score (nSPS) is 15.8. The summed E-state index contributed by atoms with van der Waals surface area (Å²) in [5.41, 5.74) is 3.67. The Morgan fingerprint density at radius 3 is 2.46 bits per heavy atom. The fraction of sp³-hybridized carbons (Fsp3) is 0.345. The van der Waals surface area contributed by atoms with E-state index in [1.165, 1.54) is 16.9 Å². The summed E-state index contributed by atoms with van der Waals surface area (Å²) in [6.07, 6.45) is 2.42. The smallest absolute Gasteiger partial charge is 0.282 e. The highest BCUT2D eigenvalue weighted by Gasteiger charge is 2.40. The lowest BCUT2D eigenvalue weighted by molar-refractivity contribution is 0.179. The summed E-state index contributed by atoms with van der Waals surface area (Å²) in [5.74, 6) is -0.569. The quantitative estimate of drug-likeness (QED) is 0.342. The van der Waals surface area contributed by atoms with Crippen molar-refractivity contribution in [2.45, 2.75) is 57.8 Å². The van der Waals surface area contributed by atoms with Crippen LogP contribution in [-0.2, 0) is 24.3 Å². The van der Waals surface area contributed by atoms with Crippen molar-refractivity contribution in [3.05, 3.63) is 92.5 Å². The topological polar surface area (TPSA) is 66.1 Å². The summed E-state index contributed by atoms with van der Waals surface area (Å²) >= 11 is 0. The third kappa shape index (κ3) is 4.28. The lowest BCUT2D eigenvalue weighted by Gasteiger charge is -2.39. The van der Waals surface area contributed by atoms with E-state index in [9.17, 15) is 14.0 Å². The van der Waals surface area contributed by atoms with Gasteiger partial charge in [0, 0.05) is 42.6 Å². The van der Waals surface area contributed by atoms with Crippen LogP contribution in [0.1, 0.15) is 32.0 Å². The Kier molecular flexibility index (Phi) is 6.07. The van der Waals surface area contributed by atoms with Gasteiger partial charge in [-0.1, -0.05) is 45.0 Å². The Bertz CT molecular complexity index is 1650. The van der Waals surface area contributed by atoms with Crippen LogP contribution in [0.2, 0.25) is 18.1 Å². The molecule has 0 radical (unpaired) electrons. The molecular weight excluding hydrogens is 485 g/mol. The van der Waals surface area contributed by atoms with Gasteiger partial charge < -0.3 is 8.99 Å². The molecule has 1 aliphatic carbocycles. The van der Waals surface area contributed by atoms with Gasteiger partial charge in [0.05, 0.1) is 23.4 Å². The van der Waals surface area contributed by atoms with Crippen molar-refractivity contribution >= 4 is 19.1 Å². The van der Waals surface area contributed by atoms with Gasteiger partial charge in [-0.3, -0.25) is 9.59 Å². The number of fused-ring (bicyclic) bond motifs is 4. The molecule has 1 unspecified atom stereocenters. The van der Waals surface area contributed by atoms with Crippen LogP contribution in [0.25, 0.3) is 27.6 Å². The molecule has 0 saturated heterocycles. The van der Waals surface area contributed by atoms with Gasteiger partial charge >= 0.3 is 0 Å². The Morgan fingerprint density at radius 2 is 1.73 bits per heavy atom. The number of hydrogen-bond donors (Lipinski definition) is 0. The van der Waals surface area contributed by atoms with E-state index in [-0.39, 0.29) is 22.1 Å². The molecule has 192 valence electrons. The van der Waals surface area contributed by atoms with Crippen molar-refractivity contribution < 1.29 is 8.82 Å². The first-order valence-corrected chi connectivity index (χ1v) is 15.5. The monoisotopic (exact) mass is 517 g/mol. The van der Waals surface area contributed by atoms with Crippen molar-refractivity contribution in [3.8, 4) is 16.8 Å². The molecule has 0 aliphatic heterocycles. The minimum atomic E-state index is -2.16. The molecule has 1 atom stereocenters. The van der Waals surface area contributed by atoms with Gasteiger partial charge in [0.1, 0.15) is 5.82 Å². The minimum Gasteiger partial charge on any atom is -0.413 e. The van der Waals surface area contributed by atoms with Gasteiger partial charge in [-0.05, 0) is 47.5 Å². The summed E-state index contributed by atoms with van der Waals surface area (Å²) in [6.45, 7) is 11.0. The molecule has 8 heteroatoms. The van der Waals surface area contributed by atoms with Gasteiger partial charge in [0.15, 0.2) is 8.32 Å². The first kappa shape index (κ1) is 25.3. The second-order valence-corrected chi connectivity index (χ2v) is 16.1. The average Bonchev–Trinajstić information content (AvgIpc) is 2.97. The fourth-order valence-corrected chi connectivity index (χ4v) is 6.28. The minimum absolute atomic E-state index is 0.00141. The Morgan fingerprint density at radius 1 is 1.00 bits per heavy atom. The number of hydrogen-bond acceptors (Lipinski definition) is 4. The van der Waals surface area contributed by atoms with Gasteiger partial charge in [0.2, 0.25) is 5.56 Å². The largest absolute Gasteiger partial charge is 0.413 e. The molecule has 0 spiro atoms. The first-order valence-electron chi connectivity index (χ1n) is 12.5. The maximum absolute atomic E-state index is 14.7. The van der Waals surface area contributed by atoms with E-state index >= 15 is 0 Å². The van der Waals surface area contributed by atoms with Crippen LogP contribution in [0.4, 0.5) is 4.39 Å². The lowest BCUT2D eigenvalue weighted by atomic mass is 9.97. The van der Waals surface area contributed by atoms with E-state index in [1.807, 2.05) is 24.3 Å². The van der Waals surface area contributed by atoms with E-state index in [0.29, 0.717) is 23.9 Å². The molecule has 0 amide bonds. The van der Waals surface area contributed by atoms with Gasteiger partial charge in [-0.25, -0.2) is 4.39 Å². The molecular formula is C29H32FN3O3Si. The molecule has 1 aliphatic rings. The SMILES string of the molecule is Cn1c2c(ccc1=O)-c1cccc(-n3ncc4cccc(F)c4c3=O)c1CC(O[Si](C)(C)C(C)(C)C)C2. The summed E-state index contributed by atoms with van der Waals surface area (Å²) in [5, 5.41) is 4.91. The second-order valence-electron chi connectivity index (χ2n) is 11.4. The van der Waals surface area contributed by atoms with E-state index in [4.69, 9.17) is 4.43 Å². The maximum Gasteiger partial charge on any atom is 0.282 e. The van der Waals surface area contributed by atoms with Gasteiger partial charge in [0.25, 0.3) is 5.56 Å². The van der Waals surface area contributed by atoms with Crippen LogP contribution in [0.15, 0.2) is 64.3 Å². The summed E-state index contributed by atoms with van der Waals surface area (Å²) in [6, 6.07) is 13.7. The molecule has 0 bridgehead atoms. The molecule has 2 aromatic heterocycles. The molecule has 0 saturated carbocycles. The van der Waals surface area contributed by atoms with Crippen molar-refractivity contribution in [2.24, 2.45) is 7.05 Å². The zero-order valence-corrected chi connectivity index (χ0v) is 23.1. The van der Waals surface area contributed by atoms with Crippen LogP contribution >= 0.6 is 0 Å². The summed E-state index contributed by atoms with van der Waals surface area (Å²) < 4.78 is 24.6. The predicted molar refractivity (Wildman–Crippen MR) is 147 cm³/mol. The highest BCUT2D eigenvalue weighted by Crippen LogP contribution is 2.41. The predicted octanol–water partition coefficient (Wildman–Crippen LogP) is 5.38. The van der Waals surface area contributed by atoms with E-state index in [1.54, 1.807) is 29.8 Å². The first-order chi connectivity index (χ1) is 17.4. The highest BCUT2D eigenvalue weighted by molar-refractivity contribution is 6.74. The number of nitrogens with zero attached hydrogens (tertiary/aromatic N) is 3. The molecule has 4 aromatic rings. The number of pyridine rings is 1. The van der Waals surface area contributed by atoms with Gasteiger partial charge in [-0.2, -0.15) is 9.78 Å². The zero-order valence-electron chi connectivity index (χ0n) is 22.1. The third-order valence-corrected chi connectivity index (χ3v) is 12.5. The Hall–Kier alpha value is -3.36. The summed E-state index contributed by atoms with van der Waals surface area (Å²) in [7, 11) is -0.371. The Labute approximate surface area is 216 Å². The van der Waals surface area contributed by atoms with Crippen LogP contribution < -0.4 is 11.1 Å². The highest BCUT2D eigenvalue weighted by atomic mass is 28.4. The number of aromatic nitrogens is 3. The van der Waals surface area contributed by atoms with Crippen LogP contribution in [-0.4, -0.2) is 28.8 Å². The molecule has 0 fully saturated rings. The standard InChI is InChI=1S/C29H32FN3O3Si/c1-29(2,3)37(5,6)36-19-15-22-20(21-13-14-26(34)32(4)25(21)16-19)10-8-12-24(22)33-28(35)27-18(17-31-33)9-7-11-23(27)30/h7-14,17,19H,15-16H2,1-6H3. The Balaban J connectivity index is 1.76. The van der Waals surface area contributed by atoms with Crippen LogP contribution in [0, 0.1) is 5.82 Å². The number of rotatable bonds is 3. The third-order valence-electron chi connectivity index (χ3n) is 7.99. The molecule has 0 N–H and O–H groups in total. The van der Waals surface area contributed by atoms with E-state index < -0.39 is 19.7 Å². The van der Waals surface area contributed by atoms with Crippen molar-refractivity contribution in [2.75, 3.05) is 0 Å². The van der Waals surface area contributed by atoms with Crippen molar-refractivity contribution in [1.82, 2.24) is 14.3 Å². The van der Waals surface area contributed by atoms with Gasteiger partial charge in [-0.15, -0.1) is 0 Å². The number of benzene rings is 2. The molecule has 37 heavy (non-hydrogen) atoms.